The minimum Gasteiger partial charge on any atom is -0.347 e. The summed E-state index contributed by atoms with van der Waals surface area (Å²) in [5, 5.41) is 6.90. The molecule has 7 nitrogen and oxygen atoms in total. The van der Waals surface area contributed by atoms with E-state index in [0.717, 1.165) is 52.2 Å². The van der Waals surface area contributed by atoms with Crippen molar-refractivity contribution in [3.8, 4) is 11.1 Å². The van der Waals surface area contributed by atoms with Crippen LogP contribution in [-0.2, 0) is 0 Å². The quantitative estimate of drug-likeness (QED) is 0.437. The molecular weight excluding hydrogens is 446 g/mol. The van der Waals surface area contributed by atoms with Gasteiger partial charge in [-0.3, -0.25) is 9.69 Å². The number of urea groups is 1. The molecule has 2 aliphatic heterocycles. The summed E-state index contributed by atoms with van der Waals surface area (Å²) >= 11 is 1.32. The zero-order chi connectivity index (χ0) is 23.2. The minimum atomic E-state index is -0.293. The van der Waals surface area contributed by atoms with Crippen molar-refractivity contribution < 1.29 is 9.59 Å². The van der Waals surface area contributed by atoms with Crippen molar-refractivity contribution in [1.29, 1.82) is 0 Å². The van der Waals surface area contributed by atoms with E-state index in [1.54, 1.807) is 11.1 Å². The molecule has 3 amide bonds. The third-order valence-corrected chi connectivity index (χ3v) is 7.49. The molecule has 8 heteroatoms. The molecule has 0 aliphatic carbocycles. The lowest BCUT2D eigenvalue weighted by Gasteiger charge is -2.28. The first-order chi connectivity index (χ1) is 16.6. The minimum absolute atomic E-state index is 0.110. The van der Waals surface area contributed by atoms with Crippen LogP contribution >= 0.6 is 11.3 Å². The Morgan fingerprint density at radius 2 is 1.94 bits per heavy atom. The molecule has 170 valence electrons. The molecule has 2 N–H and O–H groups in total. The summed E-state index contributed by atoms with van der Waals surface area (Å²) in [5.41, 5.74) is 4.13. The Morgan fingerprint density at radius 1 is 1.12 bits per heavy atom. The predicted octanol–water partition coefficient (Wildman–Crippen LogP) is 5.08. The summed E-state index contributed by atoms with van der Waals surface area (Å²) in [7, 11) is 2.05. The lowest BCUT2D eigenvalue weighted by Crippen LogP contribution is -2.37. The van der Waals surface area contributed by atoms with Crippen molar-refractivity contribution >= 4 is 50.6 Å². The van der Waals surface area contributed by atoms with Crippen molar-refractivity contribution in [1.82, 2.24) is 15.2 Å². The van der Waals surface area contributed by atoms with Crippen LogP contribution in [-0.4, -0.2) is 48.0 Å². The lowest BCUT2D eigenvalue weighted by molar-refractivity contribution is 0.0943. The van der Waals surface area contributed by atoms with E-state index in [-0.39, 0.29) is 18.0 Å². The molecule has 34 heavy (non-hydrogen) atoms. The zero-order valence-electron chi connectivity index (χ0n) is 18.6. The van der Waals surface area contributed by atoms with Crippen LogP contribution in [0, 0.1) is 0 Å². The van der Waals surface area contributed by atoms with Crippen LogP contribution in [0.1, 0.15) is 16.1 Å². The molecule has 2 aromatic heterocycles. The van der Waals surface area contributed by atoms with Crippen LogP contribution in [0.5, 0.6) is 0 Å². The predicted molar refractivity (Wildman–Crippen MR) is 136 cm³/mol. The summed E-state index contributed by atoms with van der Waals surface area (Å²) in [6.45, 7) is 1.79. The molecule has 1 unspecified atom stereocenters. The van der Waals surface area contributed by atoms with Gasteiger partial charge in [0, 0.05) is 18.8 Å². The Balaban J connectivity index is 1.40. The van der Waals surface area contributed by atoms with Crippen molar-refractivity contribution in [3.05, 3.63) is 71.7 Å². The maximum atomic E-state index is 13.4. The third kappa shape index (κ3) is 3.52. The number of thiophene rings is 1. The largest absolute Gasteiger partial charge is 0.347 e. The number of amides is 3. The molecule has 1 fully saturated rings. The normalized spacial score (nSPS) is 17.7. The summed E-state index contributed by atoms with van der Waals surface area (Å²) in [4.78, 5) is 36.1. The van der Waals surface area contributed by atoms with Gasteiger partial charge in [-0.25, -0.2) is 9.78 Å². The number of aromatic nitrogens is 1. The summed E-state index contributed by atoms with van der Waals surface area (Å²) in [6, 6.07) is 19.6. The van der Waals surface area contributed by atoms with E-state index < -0.39 is 0 Å². The Hall–Kier alpha value is -3.75. The average molecular weight is 470 g/mol. The van der Waals surface area contributed by atoms with Gasteiger partial charge in [-0.2, -0.15) is 0 Å². The molecule has 1 atom stereocenters. The van der Waals surface area contributed by atoms with Crippen molar-refractivity contribution in [2.75, 3.05) is 30.4 Å². The fourth-order valence-electron chi connectivity index (χ4n) is 4.76. The van der Waals surface area contributed by atoms with Crippen LogP contribution in [0.15, 0.2) is 66.9 Å². The first-order valence-electron chi connectivity index (χ1n) is 11.3. The molecule has 0 bridgehead atoms. The topological polar surface area (TPSA) is 77.6 Å². The number of nitrogens with zero attached hydrogens (tertiary/aromatic N) is 3. The van der Waals surface area contributed by atoms with E-state index in [9.17, 15) is 9.59 Å². The maximum absolute atomic E-state index is 13.4. The molecule has 0 spiro atoms. The second-order valence-corrected chi connectivity index (χ2v) is 9.72. The Labute approximate surface area is 201 Å². The average Bonchev–Trinajstić information content (AvgIpc) is 3.44. The zero-order valence-corrected chi connectivity index (χ0v) is 19.4. The molecule has 1 saturated heterocycles. The number of nitrogens with one attached hydrogen (secondary N) is 2. The van der Waals surface area contributed by atoms with Gasteiger partial charge in [0.2, 0.25) is 0 Å². The first-order valence-corrected chi connectivity index (χ1v) is 12.1. The smallest absolute Gasteiger partial charge is 0.331 e. The summed E-state index contributed by atoms with van der Waals surface area (Å²) in [5.74, 6) is -0.163. The third-order valence-electron chi connectivity index (χ3n) is 6.39. The monoisotopic (exact) mass is 469 g/mol. The summed E-state index contributed by atoms with van der Waals surface area (Å²) < 4.78 is 0. The van der Waals surface area contributed by atoms with Gasteiger partial charge >= 0.3 is 6.03 Å². The first kappa shape index (κ1) is 20.8. The molecule has 2 aromatic carbocycles. The Morgan fingerprint density at radius 3 is 2.74 bits per heavy atom. The summed E-state index contributed by atoms with van der Waals surface area (Å²) in [6.07, 6.45) is 2.61. The second-order valence-electron chi connectivity index (χ2n) is 8.72. The van der Waals surface area contributed by atoms with E-state index in [1.165, 1.54) is 11.3 Å². The molecule has 4 heterocycles. The number of likely N-dealkylation sites (N-methyl/N-ethyl adjacent to an activating group) is 1. The highest BCUT2D eigenvalue weighted by Gasteiger charge is 2.33. The highest BCUT2D eigenvalue weighted by molar-refractivity contribution is 7.21. The van der Waals surface area contributed by atoms with E-state index >= 15 is 0 Å². The standard InChI is InChI=1S/C26H23N5O2S/c1-30-13-11-18(15-30)28-24(32)23-22-21-20(10-12-27-25(21)34-23)31(26(33)29-22)19-9-5-8-17(14-19)16-6-3-2-4-7-16/h2-10,12,14,18H,11,13,15H2,1H3,(H,28,32)(H,29,33). The van der Waals surface area contributed by atoms with Crippen LogP contribution < -0.4 is 15.5 Å². The van der Waals surface area contributed by atoms with E-state index in [1.807, 2.05) is 67.7 Å². The maximum Gasteiger partial charge on any atom is 0.331 e. The van der Waals surface area contributed by atoms with Crippen LogP contribution in [0.25, 0.3) is 21.3 Å². The molecule has 0 saturated carbocycles. The van der Waals surface area contributed by atoms with Gasteiger partial charge in [0.25, 0.3) is 5.91 Å². The van der Waals surface area contributed by atoms with Crippen LogP contribution in [0.3, 0.4) is 0 Å². The fraction of sp³-hybridized carbons (Fsp3) is 0.192. The molecule has 6 rings (SSSR count). The van der Waals surface area contributed by atoms with Gasteiger partial charge in [0.15, 0.2) is 0 Å². The molecular formula is C26H23N5O2S. The van der Waals surface area contributed by atoms with Gasteiger partial charge in [0.05, 0.1) is 22.4 Å². The number of hydrogen-bond acceptors (Lipinski definition) is 5. The van der Waals surface area contributed by atoms with E-state index in [4.69, 9.17) is 0 Å². The molecule has 4 aromatic rings. The number of carbonyl (C=O) groups excluding carboxylic acids is 2. The molecule has 2 aliphatic rings. The number of hydrogen-bond donors (Lipinski definition) is 2. The number of benzene rings is 2. The van der Waals surface area contributed by atoms with Gasteiger partial charge in [-0.05, 0) is 49.3 Å². The van der Waals surface area contributed by atoms with Gasteiger partial charge in [-0.15, -0.1) is 11.3 Å². The number of rotatable bonds is 4. The van der Waals surface area contributed by atoms with Gasteiger partial charge in [0.1, 0.15) is 9.71 Å². The Bertz CT molecular complexity index is 1420. The van der Waals surface area contributed by atoms with Crippen molar-refractivity contribution in [2.45, 2.75) is 12.5 Å². The lowest BCUT2D eigenvalue weighted by atomic mass is 10.0. The number of likely N-dealkylation sites (tertiary alicyclic amines) is 1. The Kier molecular flexibility index (Phi) is 5.04. The highest BCUT2D eigenvalue weighted by Crippen LogP contribution is 2.46. The van der Waals surface area contributed by atoms with Gasteiger partial charge < -0.3 is 15.5 Å². The number of carbonyl (C=O) groups is 2. The molecule has 0 radical (unpaired) electrons. The highest BCUT2D eigenvalue weighted by atomic mass is 32.1. The number of anilines is 3. The number of pyridine rings is 1. The fourth-order valence-corrected chi connectivity index (χ4v) is 5.78. The van der Waals surface area contributed by atoms with Crippen LogP contribution in [0.2, 0.25) is 0 Å². The van der Waals surface area contributed by atoms with E-state index in [0.29, 0.717) is 10.6 Å². The van der Waals surface area contributed by atoms with Gasteiger partial charge in [-0.1, -0.05) is 42.5 Å². The van der Waals surface area contributed by atoms with E-state index in [2.05, 4.69) is 20.5 Å². The second kappa shape index (κ2) is 8.23. The SMILES string of the molecule is CN1CCC(NC(=O)c2sc3nccc4c3c2NC(=O)N4c2cccc(-c3ccccc3)c2)C1. The van der Waals surface area contributed by atoms with Crippen molar-refractivity contribution in [3.63, 3.8) is 0 Å². The van der Waals surface area contributed by atoms with Crippen molar-refractivity contribution in [2.24, 2.45) is 0 Å². The van der Waals surface area contributed by atoms with Crippen LogP contribution in [0.4, 0.5) is 21.9 Å².